The van der Waals surface area contributed by atoms with Crippen LogP contribution in [0.25, 0.3) is 0 Å². The molecule has 0 radical (unpaired) electrons. The summed E-state index contributed by atoms with van der Waals surface area (Å²) in [6.07, 6.45) is 0.964. The minimum absolute atomic E-state index is 0.103. The van der Waals surface area contributed by atoms with Gasteiger partial charge in [0.25, 0.3) is 5.91 Å². The smallest absolute Gasteiger partial charge is 0.255 e. The van der Waals surface area contributed by atoms with Gasteiger partial charge in [0.1, 0.15) is 0 Å². The number of amides is 1. The quantitative estimate of drug-likeness (QED) is 0.846. The zero-order chi connectivity index (χ0) is 18.5. The van der Waals surface area contributed by atoms with Gasteiger partial charge in [0.15, 0.2) is 0 Å². The Bertz CT molecular complexity index is 752. The minimum atomic E-state index is -0.103. The number of likely N-dealkylation sites (N-methyl/N-ethyl adjacent to an activating group) is 1. The molecule has 2 N–H and O–H groups in total. The molecule has 0 bridgehead atoms. The van der Waals surface area contributed by atoms with Crippen LogP contribution in [0, 0.1) is 0 Å². The van der Waals surface area contributed by atoms with Crippen molar-refractivity contribution in [2.24, 2.45) is 0 Å². The van der Waals surface area contributed by atoms with Gasteiger partial charge in [0, 0.05) is 5.56 Å². The highest BCUT2D eigenvalue weighted by molar-refractivity contribution is 6.34. The van der Waals surface area contributed by atoms with E-state index in [4.69, 9.17) is 11.6 Å². The molecule has 1 aliphatic rings. The maximum absolute atomic E-state index is 12.7. The standard InChI is InChI=1S/C21H26ClN3O/c1-3-16-8-10-17(11-9-16)21(26)23-19-7-5-6-18(22)20(19)25-14-12-24(4-2)13-15-25/h5-11H,3-4,12-15H2,1-2H3,(H,23,26)/p+1. The zero-order valence-corrected chi connectivity index (χ0v) is 16.3. The Morgan fingerprint density at radius 3 is 2.42 bits per heavy atom. The molecular formula is C21H27ClN3O+. The summed E-state index contributed by atoms with van der Waals surface area (Å²) in [7, 11) is 0. The molecule has 0 aliphatic carbocycles. The van der Waals surface area contributed by atoms with Crippen molar-refractivity contribution >= 4 is 28.9 Å². The molecule has 4 nitrogen and oxygen atoms in total. The van der Waals surface area contributed by atoms with E-state index >= 15 is 0 Å². The molecule has 2 aromatic rings. The second-order valence-corrected chi connectivity index (χ2v) is 7.14. The highest BCUT2D eigenvalue weighted by Crippen LogP contribution is 2.34. The molecule has 26 heavy (non-hydrogen) atoms. The van der Waals surface area contributed by atoms with Crippen molar-refractivity contribution in [1.29, 1.82) is 0 Å². The van der Waals surface area contributed by atoms with E-state index in [2.05, 4.69) is 24.1 Å². The van der Waals surface area contributed by atoms with E-state index in [1.807, 2.05) is 42.5 Å². The van der Waals surface area contributed by atoms with Crippen molar-refractivity contribution in [3.05, 3.63) is 58.6 Å². The summed E-state index contributed by atoms with van der Waals surface area (Å²) in [4.78, 5) is 16.6. The fourth-order valence-corrected chi connectivity index (χ4v) is 3.72. The molecule has 1 amide bonds. The van der Waals surface area contributed by atoms with Crippen LogP contribution in [0.2, 0.25) is 5.02 Å². The number of aryl methyl sites for hydroxylation is 1. The van der Waals surface area contributed by atoms with Crippen molar-refractivity contribution in [3.8, 4) is 0 Å². The topological polar surface area (TPSA) is 36.8 Å². The fourth-order valence-electron chi connectivity index (χ4n) is 3.42. The number of nitrogens with one attached hydrogen (secondary N) is 2. The molecular weight excluding hydrogens is 346 g/mol. The molecule has 138 valence electrons. The Morgan fingerprint density at radius 2 is 1.81 bits per heavy atom. The molecule has 3 rings (SSSR count). The molecule has 1 saturated heterocycles. The van der Waals surface area contributed by atoms with Gasteiger partial charge in [-0.25, -0.2) is 0 Å². The third kappa shape index (κ3) is 4.19. The summed E-state index contributed by atoms with van der Waals surface area (Å²) < 4.78 is 0. The number of anilines is 2. The van der Waals surface area contributed by atoms with E-state index in [1.165, 1.54) is 5.56 Å². The van der Waals surface area contributed by atoms with Crippen LogP contribution in [0.3, 0.4) is 0 Å². The molecule has 0 unspecified atom stereocenters. The van der Waals surface area contributed by atoms with Crippen molar-refractivity contribution in [2.45, 2.75) is 20.3 Å². The van der Waals surface area contributed by atoms with Crippen molar-refractivity contribution in [3.63, 3.8) is 0 Å². The van der Waals surface area contributed by atoms with Gasteiger partial charge in [-0.15, -0.1) is 0 Å². The maximum atomic E-state index is 12.7. The molecule has 0 atom stereocenters. The predicted octanol–water partition coefficient (Wildman–Crippen LogP) is 2.88. The van der Waals surface area contributed by atoms with Gasteiger partial charge >= 0.3 is 0 Å². The molecule has 0 spiro atoms. The van der Waals surface area contributed by atoms with Crippen molar-refractivity contribution in [1.82, 2.24) is 0 Å². The zero-order valence-electron chi connectivity index (χ0n) is 15.5. The van der Waals surface area contributed by atoms with E-state index < -0.39 is 0 Å². The molecule has 2 aromatic carbocycles. The predicted molar refractivity (Wildman–Crippen MR) is 109 cm³/mol. The monoisotopic (exact) mass is 372 g/mol. The number of benzene rings is 2. The number of nitrogens with zero attached hydrogens (tertiary/aromatic N) is 1. The van der Waals surface area contributed by atoms with Crippen LogP contribution in [0.4, 0.5) is 11.4 Å². The summed E-state index contributed by atoms with van der Waals surface area (Å²) in [5.41, 5.74) is 3.60. The number of rotatable bonds is 5. The number of quaternary nitrogens is 1. The van der Waals surface area contributed by atoms with Gasteiger partial charge in [-0.1, -0.05) is 36.7 Å². The minimum Gasteiger partial charge on any atom is -0.357 e. The lowest BCUT2D eigenvalue weighted by atomic mass is 10.1. The fraction of sp³-hybridized carbons (Fsp3) is 0.381. The summed E-state index contributed by atoms with van der Waals surface area (Å²) in [5.74, 6) is -0.103. The Kier molecular flexibility index (Phi) is 6.17. The molecule has 1 fully saturated rings. The van der Waals surface area contributed by atoms with Crippen molar-refractivity contribution in [2.75, 3.05) is 42.9 Å². The van der Waals surface area contributed by atoms with E-state index in [1.54, 1.807) is 4.90 Å². The lowest BCUT2D eigenvalue weighted by Gasteiger charge is -2.34. The van der Waals surface area contributed by atoms with Crippen LogP contribution in [-0.2, 0) is 6.42 Å². The lowest BCUT2D eigenvalue weighted by Crippen LogP contribution is -3.14. The molecule has 0 aromatic heterocycles. The van der Waals surface area contributed by atoms with Gasteiger partial charge in [-0.2, -0.15) is 0 Å². The summed E-state index contributed by atoms with van der Waals surface area (Å²) >= 11 is 6.50. The Balaban J connectivity index is 1.79. The van der Waals surface area contributed by atoms with Crippen LogP contribution in [0.15, 0.2) is 42.5 Å². The SMILES string of the molecule is CCc1ccc(C(=O)Nc2cccc(Cl)c2N2CC[NH+](CC)CC2)cc1. The average molecular weight is 373 g/mol. The Hall–Kier alpha value is -2.04. The first kappa shape index (κ1) is 18.7. The number of carbonyl (C=O) groups is 1. The first-order chi connectivity index (χ1) is 12.6. The number of piperazine rings is 1. The number of hydrogen-bond acceptors (Lipinski definition) is 2. The highest BCUT2D eigenvalue weighted by Gasteiger charge is 2.23. The van der Waals surface area contributed by atoms with E-state index in [-0.39, 0.29) is 5.91 Å². The molecule has 1 heterocycles. The van der Waals surface area contributed by atoms with Crippen LogP contribution in [-0.4, -0.2) is 38.6 Å². The second kappa shape index (κ2) is 8.56. The van der Waals surface area contributed by atoms with E-state index in [9.17, 15) is 4.79 Å². The largest absolute Gasteiger partial charge is 0.357 e. The summed E-state index contributed by atoms with van der Waals surface area (Å²) in [6, 6.07) is 13.5. The van der Waals surface area contributed by atoms with Gasteiger partial charge in [0.2, 0.25) is 0 Å². The number of carbonyl (C=O) groups excluding carboxylic acids is 1. The Morgan fingerprint density at radius 1 is 1.12 bits per heavy atom. The van der Waals surface area contributed by atoms with Gasteiger partial charge in [-0.05, 0) is 43.2 Å². The third-order valence-electron chi connectivity index (χ3n) is 5.15. The summed E-state index contributed by atoms with van der Waals surface area (Å²) in [5, 5.41) is 3.74. The second-order valence-electron chi connectivity index (χ2n) is 6.73. The maximum Gasteiger partial charge on any atom is 0.255 e. The van der Waals surface area contributed by atoms with Crippen molar-refractivity contribution < 1.29 is 9.69 Å². The molecule has 0 saturated carbocycles. The van der Waals surface area contributed by atoms with E-state index in [0.717, 1.165) is 50.5 Å². The normalized spacial score (nSPS) is 15.1. The third-order valence-corrected chi connectivity index (χ3v) is 5.45. The van der Waals surface area contributed by atoms with Gasteiger partial charge in [0.05, 0.1) is 49.1 Å². The number of halogens is 1. The van der Waals surface area contributed by atoms with E-state index in [0.29, 0.717) is 10.6 Å². The van der Waals surface area contributed by atoms with Crippen LogP contribution >= 0.6 is 11.6 Å². The first-order valence-electron chi connectivity index (χ1n) is 9.39. The van der Waals surface area contributed by atoms with Crippen LogP contribution in [0.5, 0.6) is 0 Å². The van der Waals surface area contributed by atoms with Gasteiger partial charge in [-0.3, -0.25) is 4.79 Å². The van der Waals surface area contributed by atoms with Crippen LogP contribution < -0.4 is 15.1 Å². The molecule has 1 aliphatic heterocycles. The number of hydrogen-bond donors (Lipinski definition) is 2. The molecule has 5 heteroatoms. The highest BCUT2D eigenvalue weighted by atomic mass is 35.5. The van der Waals surface area contributed by atoms with Crippen LogP contribution in [0.1, 0.15) is 29.8 Å². The number of para-hydroxylation sites is 1. The van der Waals surface area contributed by atoms with Gasteiger partial charge < -0.3 is 15.1 Å². The first-order valence-corrected chi connectivity index (χ1v) is 9.77. The lowest BCUT2D eigenvalue weighted by molar-refractivity contribution is -0.898. The average Bonchev–Trinajstić information content (AvgIpc) is 2.68. The Labute approximate surface area is 160 Å². The summed E-state index contributed by atoms with van der Waals surface area (Å²) in [6.45, 7) is 9.54.